The number of benzene rings is 1. The van der Waals surface area contributed by atoms with Gasteiger partial charge in [0.1, 0.15) is 12.9 Å². The Labute approximate surface area is 119 Å². The van der Waals surface area contributed by atoms with Crippen LogP contribution in [-0.4, -0.2) is 24.4 Å². The van der Waals surface area contributed by atoms with Gasteiger partial charge >= 0.3 is 5.97 Å². The van der Waals surface area contributed by atoms with Gasteiger partial charge < -0.3 is 9.53 Å². The van der Waals surface area contributed by atoms with Crippen molar-refractivity contribution in [2.75, 3.05) is 0 Å². The average molecular weight is 279 g/mol. The lowest BCUT2D eigenvalue weighted by Gasteiger charge is -2.17. The summed E-state index contributed by atoms with van der Waals surface area (Å²) >= 11 is 0. The van der Waals surface area contributed by atoms with Gasteiger partial charge in [0, 0.05) is 0 Å². The van der Waals surface area contributed by atoms with E-state index in [9.17, 15) is 9.59 Å². The van der Waals surface area contributed by atoms with Gasteiger partial charge in [-0.15, -0.1) is 0 Å². The topological polar surface area (TPSA) is 64.6 Å². The van der Waals surface area contributed by atoms with Crippen molar-refractivity contribution in [3.8, 4) is 0 Å². The highest BCUT2D eigenvalue weighted by Gasteiger charge is 2.15. The maximum Gasteiger partial charge on any atom is 0.308 e. The Balaban J connectivity index is 2.30. The molecule has 2 atom stereocenters. The molecule has 1 aromatic rings. The van der Waals surface area contributed by atoms with Crippen molar-refractivity contribution in [1.82, 2.24) is 5.48 Å². The second-order valence-corrected chi connectivity index (χ2v) is 4.54. The minimum atomic E-state index is -0.399. The molecule has 5 nitrogen and oxygen atoms in total. The fraction of sp³-hybridized carbons (Fsp3) is 0.467. The largest absolute Gasteiger partial charge is 0.461 e. The van der Waals surface area contributed by atoms with E-state index in [1.807, 2.05) is 37.3 Å². The molecule has 20 heavy (non-hydrogen) atoms. The van der Waals surface area contributed by atoms with Gasteiger partial charge in [-0.3, -0.25) is 9.63 Å². The molecule has 0 fully saturated rings. The summed E-state index contributed by atoms with van der Waals surface area (Å²) in [6.07, 6.45) is 1.24. The van der Waals surface area contributed by atoms with Gasteiger partial charge in [-0.05, 0) is 18.9 Å². The number of rotatable bonds is 9. The molecule has 0 saturated carbocycles. The van der Waals surface area contributed by atoms with Crippen molar-refractivity contribution < 1.29 is 19.2 Å². The highest BCUT2D eigenvalue weighted by atomic mass is 16.7. The third-order valence-electron chi connectivity index (χ3n) is 2.72. The first kappa shape index (κ1) is 16.3. The number of aldehydes is 1. The molecule has 0 aromatic heterocycles. The summed E-state index contributed by atoms with van der Waals surface area (Å²) in [6, 6.07) is 9.09. The lowest BCUT2D eigenvalue weighted by atomic mass is 10.2. The Kier molecular flexibility index (Phi) is 7.54. The van der Waals surface area contributed by atoms with Crippen molar-refractivity contribution in [1.29, 1.82) is 0 Å². The monoisotopic (exact) mass is 279 g/mol. The fourth-order valence-electron chi connectivity index (χ4n) is 1.48. The second-order valence-electron chi connectivity index (χ2n) is 4.54. The molecule has 1 rings (SSSR count). The number of ether oxygens (including phenoxy) is 1. The Hall–Kier alpha value is -1.72. The van der Waals surface area contributed by atoms with Crippen LogP contribution in [0.2, 0.25) is 0 Å². The summed E-state index contributed by atoms with van der Waals surface area (Å²) < 4.78 is 5.18. The predicted molar refractivity (Wildman–Crippen MR) is 74.7 cm³/mol. The van der Waals surface area contributed by atoms with Crippen molar-refractivity contribution in [2.24, 2.45) is 0 Å². The van der Waals surface area contributed by atoms with Crippen LogP contribution in [-0.2, 0) is 25.8 Å². The average Bonchev–Trinajstić information content (AvgIpc) is 2.49. The van der Waals surface area contributed by atoms with E-state index in [0.29, 0.717) is 6.42 Å². The summed E-state index contributed by atoms with van der Waals surface area (Å²) in [5.74, 6) is -0.318. The molecule has 110 valence electrons. The number of carbonyl (C=O) groups is 2. The van der Waals surface area contributed by atoms with Gasteiger partial charge in [-0.25, -0.2) is 0 Å². The lowest BCUT2D eigenvalue weighted by Crippen LogP contribution is -2.33. The maximum atomic E-state index is 11.7. The van der Waals surface area contributed by atoms with Crippen LogP contribution < -0.4 is 5.48 Å². The van der Waals surface area contributed by atoms with Crippen LogP contribution in [0.1, 0.15) is 32.3 Å². The first-order valence-electron chi connectivity index (χ1n) is 6.71. The number of nitrogens with one attached hydrogen (secondary N) is 1. The Bertz CT molecular complexity index is 408. The van der Waals surface area contributed by atoms with Gasteiger partial charge in [0.05, 0.1) is 18.6 Å². The van der Waals surface area contributed by atoms with E-state index in [0.717, 1.165) is 11.8 Å². The summed E-state index contributed by atoms with van der Waals surface area (Å²) in [4.78, 5) is 27.4. The fourth-order valence-corrected chi connectivity index (χ4v) is 1.48. The highest BCUT2D eigenvalue weighted by Crippen LogP contribution is 2.06. The number of hydrogen-bond donors (Lipinski definition) is 1. The molecule has 0 spiro atoms. The molecular formula is C15H21NO4. The maximum absolute atomic E-state index is 11.7. The Morgan fingerprint density at radius 2 is 2.05 bits per heavy atom. The van der Waals surface area contributed by atoms with Crippen molar-refractivity contribution in [3.05, 3.63) is 35.9 Å². The first-order chi connectivity index (χ1) is 9.65. The number of esters is 1. The van der Waals surface area contributed by atoms with Crippen LogP contribution >= 0.6 is 0 Å². The van der Waals surface area contributed by atoms with E-state index in [1.165, 1.54) is 0 Å². The standard InChI is InChI=1S/C15H21NO4/c1-3-14(20-16-12(2)10-17)9-15(18)19-11-13-7-5-4-6-8-13/h4-8,10,12,14,16H,3,9,11H2,1-2H3/t12-,14?/m0/s1. The van der Waals surface area contributed by atoms with Crippen LogP contribution in [0.3, 0.4) is 0 Å². The zero-order valence-electron chi connectivity index (χ0n) is 11.9. The second kappa shape index (κ2) is 9.23. The molecule has 0 amide bonds. The zero-order chi connectivity index (χ0) is 14.8. The molecule has 0 aliphatic carbocycles. The molecular weight excluding hydrogens is 258 g/mol. The Morgan fingerprint density at radius 1 is 1.35 bits per heavy atom. The third kappa shape index (κ3) is 6.45. The van der Waals surface area contributed by atoms with Gasteiger partial charge in [0.25, 0.3) is 0 Å². The van der Waals surface area contributed by atoms with Crippen LogP contribution in [0.4, 0.5) is 0 Å². The Morgan fingerprint density at radius 3 is 2.65 bits per heavy atom. The van der Waals surface area contributed by atoms with E-state index in [2.05, 4.69) is 5.48 Å². The molecule has 1 N–H and O–H groups in total. The SMILES string of the molecule is CCC(CC(=O)OCc1ccccc1)ON[C@@H](C)C=O. The van der Waals surface area contributed by atoms with Gasteiger partial charge in [0.15, 0.2) is 0 Å². The number of carbonyl (C=O) groups excluding carboxylic acids is 2. The van der Waals surface area contributed by atoms with E-state index in [-0.39, 0.29) is 25.1 Å². The highest BCUT2D eigenvalue weighted by molar-refractivity contribution is 5.70. The summed E-state index contributed by atoms with van der Waals surface area (Å²) in [7, 11) is 0. The molecule has 1 aromatic carbocycles. The summed E-state index contributed by atoms with van der Waals surface area (Å²) in [5.41, 5.74) is 3.53. The summed E-state index contributed by atoms with van der Waals surface area (Å²) in [6.45, 7) is 3.84. The van der Waals surface area contributed by atoms with Gasteiger partial charge in [0.2, 0.25) is 0 Å². The minimum Gasteiger partial charge on any atom is -0.461 e. The van der Waals surface area contributed by atoms with Crippen LogP contribution in [0, 0.1) is 0 Å². The van der Waals surface area contributed by atoms with Crippen molar-refractivity contribution in [2.45, 2.75) is 45.4 Å². The summed E-state index contributed by atoms with van der Waals surface area (Å²) in [5, 5.41) is 0. The minimum absolute atomic E-state index is 0.155. The third-order valence-corrected chi connectivity index (χ3v) is 2.72. The molecule has 0 radical (unpaired) electrons. The van der Waals surface area contributed by atoms with Gasteiger partial charge in [-0.2, -0.15) is 5.48 Å². The first-order valence-corrected chi connectivity index (χ1v) is 6.71. The predicted octanol–water partition coefficient (Wildman–Crippen LogP) is 2.01. The van der Waals surface area contributed by atoms with Crippen LogP contribution in [0.5, 0.6) is 0 Å². The quantitative estimate of drug-likeness (QED) is 0.425. The van der Waals surface area contributed by atoms with Crippen LogP contribution in [0.15, 0.2) is 30.3 Å². The zero-order valence-corrected chi connectivity index (χ0v) is 11.9. The lowest BCUT2D eigenvalue weighted by molar-refractivity contribution is -0.150. The van der Waals surface area contributed by atoms with Gasteiger partial charge in [-0.1, -0.05) is 37.3 Å². The molecule has 1 unspecified atom stereocenters. The molecule has 0 bridgehead atoms. The van der Waals surface area contributed by atoms with E-state index >= 15 is 0 Å². The molecule has 0 aliphatic rings. The number of hydrogen-bond acceptors (Lipinski definition) is 5. The van der Waals surface area contributed by atoms with E-state index in [1.54, 1.807) is 6.92 Å². The van der Waals surface area contributed by atoms with E-state index < -0.39 is 6.04 Å². The molecule has 5 heteroatoms. The normalized spacial score (nSPS) is 13.5. The smallest absolute Gasteiger partial charge is 0.308 e. The number of hydroxylamine groups is 1. The van der Waals surface area contributed by atoms with Crippen LogP contribution in [0.25, 0.3) is 0 Å². The molecule has 0 saturated heterocycles. The molecule has 0 heterocycles. The van der Waals surface area contributed by atoms with Crippen molar-refractivity contribution >= 4 is 12.3 Å². The molecule has 0 aliphatic heterocycles. The van der Waals surface area contributed by atoms with E-state index in [4.69, 9.17) is 9.57 Å². The van der Waals surface area contributed by atoms with Crippen molar-refractivity contribution in [3.63, 3.8) is 0 Å².